The third-order valence-corrected chi connectivity index (χ3v) is 4.34. The number of hydrogen-bond donors (Lipinski definition) is 1. The van der Waals surface area contributed by atoms with E-state index >= 15 is 0 Å². The van der Waals surface area contributed by atoms with Crippen LogP contribution in [0.3, 0.4) is 0 Å². The largest absolute Gasteiger partial charge is 0.332 e. The van der Waals surface area contributed by atoms with Crippen molar-refractivity contribution in [1.29, 1.82) is 0 Å². The molecule has 1 N–H and O–H groups in total. The SMILES string of the molecule is CCC(C)c1ccccc1NC(=O)C(=O)N1CCN(C)CC1. The Kier molecular flexibility index (Phi) is 5.55. The van der Waals surface area contributed by atoms with E-state index in [4.69, 9.17) is 0 Å². The zero-order valence-electron chi connectivity index (χ0n) is 13.6. The summed E-state index contributed by atoms with van der Waals surface area (Å²) < 4.78 is 0. The first-order valence-corrected chi connectivity index (χ1v) is 7.90. The van der Waals surface area contributed by atoms with Gasteiger partial charge in [-0.1, -0.05) is 32.0 Å². The average Bonchev–Trinajstić information content (AvgIpc) is 2.54. The molecule has 1 fully saturated rings. The molecule has 2 amide bonds. The zero-order chi connectivity index (χ0) is 16.1. The zero-order valence-corrected chi connectivity index (χ0v) is 13.6. The lowest BCUT2D eigenvalue weighted by Gasteiger charge is -2.31. The van der Waals surface area contributed by atoms with Gasteiger partial charge in [-0.3, -0.25) is 9.59 Å². The van der Waals surface area contributed by atoms with Crippen LogP contribution in [-0.4, -0.2) is 54.8 Å². The quantitative estimate of drug-likeness (QED) is 0.868. The van der Waals surface area contributed by atoms with Crippen LogP contribution in [0.2, 0.25) is 0 Å². The van der Waals surface area contributed by atoms with Crippen LogP contribution in [-0.2, 0) is 9.59 Å². The van der Waals surface area contributed by atoms with Gasteiger partial charge in [0.2, 0.25) is 0 Å². The van der Waals surface area contributed by atoms with Crippen molar-refractivity contribution in [2.45, 2.75) is 26.2 Å². The molecular weight excluding hydrogens is 278 g/mol. The second kappa shape index (κ2) is 7.40. The molecule has 0 aliphatic carbocycles. The first-order valence-electron chi connectivity index (χ1n) is 7.90. The Labute approximate surface area is 132 Å². The Bertz CT molecular complexity index is 536. The summed E-state index contributed by atoms with van der Waals surface area (Å²) in [4.78, 5) is 28.3. The number of anilines is 1. The molecule has 1 atom stereocenters. The molecule has 1 aliphatic heterocycles. The molecule has 0 radical (unpaired) electrons. The minimum absolute atomic E-state index is 0.343. The molecule has 0 bridgehead atoms. The van der Waals surface area contributed by atoms with Crippen LogP contribution >= 0.6 is 0 Å². The predicted octanol–water partition coefficient (Wildman–Crippen LogP) is 1.91. The van der Waals surface area contributed by atoms with Gasteiger partial charge >= 0.3 is 11.8 Å². The lowest BCUT2D eigenvalue weighted by molar-refractivity contribution is -0.144. The second-order valence-corrected chi connectivity index (χ2v) is 5.95. The number of likely N-dealkylation sites (N-methyl/N-ethyl adjacent to an activating group) is 1. The van der Waals surface area contributed by atoms with Crippen molar-refractivity contribution in [3.63, 3.8) is 0 Å². The molecule has 2 rings (SSSR count). The number of hydrogen-bond acceptors (Lipinski definition) is 3. The van der Waals surface area contributed by atoms with Gasteiger partial charge in [0.15, 0.2) is 0 Å². The molecule has 0 saturated carbocycles. The highest BCUT2D eigenvalue weighted by molar-refractivity contribution is 6.39. The van der Waals surface area contributed by atoms with Gasteiger partial charge in [0, 0.05) is 31.9 Å². The first kappa shape index (κ1) is 16.5. The topological polar surface area (TPSA) is 52.7 Å². The third kappa shape index (κ3) is 3.85. The number of nitrogens with one attached hydrogen (secondary N) is 1. The molecule has 1 aromatic rings. The maximum absolute atomic E-state index is 12.3. The van der Waals surface area contributed by atoms with Gasteiger partial charge in [-0.05, 0) is 31.0 Å². The van der Waals surface area contributed by atoms with Crippen LogP contribution in [0.5, 0.6) is 0 Å². The summed E-state index contributed by atoms with van der Waals surface area (Å²) in [7, 11) is 2.02. The number of piperazine rings is 1. The molecule has 0 aromatic heterocycles. The van der Waals surface area contributed by atoms with Crippen LogP contribution in [0.15, 0.2) is 24.3 Å². The maximum atomic E-state index is 12.3. The van der Waals surface area contributed by atoms with E-state index in [9.17, 15) is 9.59 Å². The highest BCUT2D eigenvalue weighted by Gasteiger charge is 2.25. The molecule has 1 heterocycles. The predicted molar refractivity (Wildman–Crippen MR) is 87.9 cm³/mol. The third-order valence-electron chi connectivity index (χ3n) is 4.34. The fourth-order valence-corrected chi connectivity index (χ4v) is 2.59. The van der Waals surface area contributed by atoms with Crippen LogP contribution < -0.4 is 5.32 Å². The minimum atomic E-state index is -0.541. The first-order chi connectivity index (χ1) is 10.5. The highest BCUT2D eigenvalue weighted by Crippen LogP contribution is 2.26. The number of carbonyl (C=O) groups is 2. The Hall–Kier alpha value is -1.88. The van der Waals surface area contributed by atoms with Crippen LogP contribution in [0, 0.1) is 0 Å². The Morgan fingerprint density at radius 1 is 1.18 bits per heavy atom. The van der Waals surface area contributed by atoms with Gasteiger partial charge in [0.25, 0.3) is 0 Å². The van der Waals surface area contributed by atoms with Crippen molar-refractivity contribution >= 4 is 17.5 Å². The van der Waals surface area contributed by atoms with E-state index < -0.39 is 11.8 Å². The number of nitrogens with zero attached hydrogens (tertiary/aromatic N) is 2. The summed E-state index contributed by atoms with van der Waals surface area (Å²) >= 11 is 0. The van der Waals surface area contributed by atoms with Crippen molar-refractivity contribution < 1.29 is 9.59 Å². The molecule has 120 valence electrons. The normalized spacial score (nSPS) is 17.1. The number of para-hydroxylation sites is 1. The summed E-state index contributed by atoms with van der Waals surface area (Å²) in [6.07, 6.45) is 0.985. The summed E-state index contributed by atoms with van der Waals surface area (Å²) in [5, 5.41) is 2.79. The van der Waals surface area contributed by atoms with Crippen LogP contribution in [0.1, 0.15) is 31.7 Å². The summed E-state index contributed by atoms with van der Waals surface area (Å²) in [5.41, 5.74) is 1.81. The van der Waals surface area contributed by atoms with E-state index in [1.807, 2.05) is 31.3 Å². The molecule has 1 aromatic carbocycles. The van der Waals surface area contributed by atoms with E-state index in [2.05, 4.69) is 24.1 Å². The van der Waals surface area contributed by atoms with Crippen LogP contribution in [0.25, 0.3) is 0 Å². The van der Waals surface area contributed by atoms with E-state index in [-0.39, 0.29) is 0 Å². The van der Waals surface area contributed by atoms with Crippen molar-refractivity contribution in [3.8, 4) is 0 Å². The van der Waals surface area contributed by atoms with Gasteiger partial charge in [0.1, 0.15) is 0 Å². The Morgan fingerprint density at radius 2 is 1.82 bits per heavy atom. The van der Waals surface area contributed by atoms with Crippen molar-refractivity contribution in [2.24, 2.45) is 0 Å². The average molecular weight is 303 g/mol. The Morgan fingerprint density at radius 3 is 2.45 bits per heavy atom. The molecule has 1 aliphatic rings. The molecule has 22 heavy (non-hydrogen) atoms. The van der Waals surface area contributed by atoms with Gasteiger partial charge in [0.05, 0.1) is 0 Å². The van der Waals surface area contributed by atoms with Gasteiger partial charge in [-0.2, -0.15) is 0 Å². The minimum Gasteiger partial charge on any atom is -0.332 e. The van der Waals surface area contributed by atoms with Gasteiger partial charge in [-0.25, -0.2) is 0 Å². The second-order valence-electron chi connectivity index (χ2n) is 5.95. The lowest BCUT2D eigenvalue weighted by atomic mass is 9.97. The van der Waals surface area contributed by atoms with E-state index in [1.54, 1.807) is 4.90 Å². The number of rotatable bonds is 3. The highest BCUT2D eigenvalue weighted by atomic mass is 16.2. The van der Waals surface area contributed by atoms with E-state index in [0.717, 1.165) is 30.8 Å². The van der Waals surface area contributed by atoms with Crippen molar-refractivity contribution in [1.82, 2.24) is 9.80 Å². The molecular formula is C17H25N3O2. The summed E-state index contributed by atoms with van der Waals surface area (Å²) in [5.74, 6) is -0.636. The van der Waals surface area contributed by atoms with Gasteiger partial charge < -0.3 is 15.1 Å². The summed E-state index contributed by atoms with van der Waals surface area (Å²) in [6, 6.07) is 7.70. The fraction of sp³-hybridized carbons (Fsp3) is 0.529. The smallest absolute Gasteiger partial charge is 0.313 e. The number of benzene rings is 1. The van der Waals surface area contributed by atoms with Crippen LogP contribution in [0.4, 0.5) is 5.69 Å². The molecule has 1 saturated heterocycles. The van der Waals surface area contributed by atoms with Gasteiger partial charge in [-0.15, -0.1) is 0 Å². The van der Waals surface area contributed by atoms with E-state index in [1.165, 1.54) is 0 Å². The maximum Gasteiger partial charge on any atom is 0.313 e. The number of carbonyl (C=O) groups excluding carboxylic acids is 2. The molecule has 5 heteroatoms. The molecule has 1 unspecified atom stereocenters. The Balaban J connectivity index is 2.04. The standard InChI is InChI=1S/C17H25N3O2/c1-4-13(2)14-7-5-6-8-15(14)18-16(21)17(22)20-11-9-19(3)10-12-20/h5-8,13H,4,9-12H2,1-3H3,(H,18,21). The van der Waals surface area contributed by atoms with Crippen molar-refractivity contribution in [3.05, 3.63) is 29.8 Å². The number of amides is 2. The lowest BCUT2D eigenvalue weighted by Crippen LogP contribution is -2.50. The monoisotopic (exact) mass is 303 g/mol. The molecule has 0 spiro atoms. The van der Waals surface area contributed by atoms with E-state index in [0.29, 0.717) is 19.0 Å². The fourth-order valence-electron chi connectivity index (χ4n) is 2.59. The summed E-state index contributed by atoms with van der Waals surface area (Å²) in [6.45, 7) is 7.06. The molecule has 5 nitrogen and oxygen atoms in total. The van der Waals surface area contributed by atoms with Crippen molar-refractivity contribution in [2.75, 3.05) is 38.5 Å².